The Morgan fingerprint density at radius 3 is 2.52 bits per heavy atom. The van der Waals surface area contributed by atoms with Crippen LogP contribution in [0, 0.1) is 6.92 Å². The Hall–Kier alpha value is -1.86. The van der Waals surface area contributed by atoms with Crippen LogP contribution < -0.4 is 0 Å². The molecule has 2 aromatic carbocycles. The Morgan fingerprint density at radius 1 is 1.11 bits per heavy atom. The standard InChI is InChI=1S/C21H25NO4S/c1-16-9-11-18(12-10-16)27(23)22-13-19-20(26-21(2,3)25-19)15-24-14-17-7-5-4-6-8-17/h4-13,19-20H,14-15H2,1-3H3/b22-13+/t19-,20-,27?/m0/s1. The quantitative estimate of drug-likeness (QED) is 0.678. The van der Waals surface area contributed by atoms with Crippen molar-refractivity contribution in [3.63, 3.8) is 0 Å². The van der Waals surface area contributed by atoms with E-state index in [4.69, 9.17) is 14.2 Å². The van der Waals surface area contributed by atoms with Crippen LogP contribution in [0.5, 0.6) is 0 Å². The monoisotopic (exact) mass is 387 g/mol. The minimum Gasteiger partial charge on any atom is -0.374 e. The van der Waals surface area contributed by atoms with Crippen LogP contribution in [0.4, 0.5) is 0 Å². The molecule has 0 radical (unpaired) electrons. The average molecular weight is 388 g/mol. The summed E-state index contributed by atoms with van der Waals surface area (Å²) in [5, 5.41) is 0. The molecule has 1 aliphatic heterocycles. The van der Waals surface area contributed by atoms with Gasteiger partial charge in [0.15, 0.2) is 16.8 Å². The van der Waals surface area contributed by atoms with Gasteiger partial charge in [-0.2, -0.15) is 4.40 Å². The van der Waals surface area contributed by atoms with Gasteiger partial charge in [0, 0.05) is 6.21 Å². The SMILES string of the molecule is Cc1ccc(S(=O)/N=C/[C@@H]2OC(C)(C)O[C@H]2COCc2ccccc2)cc1. The Labute approximate surface area is 163 Å². The maximum atomic E-state index is 12.4. The molecule has 27 heavy (non-hydrogen) atoms. The van der Waals surface area contributed by atoms with Crippen molar-refractivity contribution in [2.45, 2.75) is 50.3 Å². The fourth-order valence-corrected chi connectivity index (χ4v) is 3.54. The number of hydrogen-bond donors (Lipinski definition) is 0. The van der Waals surface area contributed by atoms with Gasteiger partial charge in [0.2, 0.25) is 0 Å². The van der Waals surface area contributed by atoms with E-state index in [0.29, 0.717) is 18.1 Å². The summed E-state index contributed by atoms with van der Waals surface area (Å²) in [6.45, 7) is 6.55. The molecule has 2 aromatic rings. The molecule has 1 unspecified atom stereocenters. The van der Waals surface area contributed by atoms with Crippen molar-refractivity contribution < 1.29 is 18.4 Å². The second-order valence-electron chi connectivity index (χ2n) is 6.96. The molecule has 0 spiro atoms. The largest absolute Gasteiger partial charge is 0.374 e. The van der Waals surface area contributed by atoms with E-state index in [9.17, 15) is 4.21 Å². The normalized spacial score (nSPS) is 22.9. The van der Waals surface area contributed by atoms with E-state index in [0.717, 1.165) is 11.1 Å². The molecule has 1 fully saturated rings. The lowest BCUT2D eigenvalue weighted by atomic mass is 10.2. The first-order valence-electron chi connectivity index (χ1n) is 8.93. The summed E-state index contributed by atoms with van der Waals surface area (Å²) in [5.41, 5.74) is 2.21. The number of hydrogen-bond acceptors (Lipinski definition) is 4. The second-order valence-corrected chi connectivity index (χ2v) is 8.14. The lowest BCUT2D eigenvalue weighted by molar-refractivity contribution is -0.147. The smallest absolute Gasteiger partial charge is 0.172 e. The molecular weight excluding hydrogens is 362 g/mol. The highest BCUT2D eigenvalue weighted by atomic mass is 32.2. The molecule has 3 rings (SSSR count). The van der Waals surface area contributed by atoms with Crippen molar-refractivity contribution in [2.75, 3.05) is 6.61 Å². The molecule has 0 amide bonds. The first-order valence-corrected chi connectivity index (χ1v) is 10.0. The second kappa shape index (κ2) is 8.89. The molecule has 1 saturated heterocycles. The van der Waals surface area contributed by atoms with Crippen molar-refractivity contribution in [3.05, 3.63) is 65.7 Å². The van der Waals surface area contributed by atoms with E-state index in [1.807, 2.05) is 75.4 Å². The van der Waals surface area contributed by atoms with Crippen molar-refractivity contribution in [1.82, 2.24) is 0 Å². The lowest BCUT2D eigenvalue weighted by Crippen LogP contribution is -2.29. The van der Waals surface area contributed by atoms with E-state index in [2.05, 4.69) is 4.40 Å². The van der Waals surface area contributed by atoms with Gasteiger partial charge < -0.3 is 14.2 Å². The third-order valence-corrected chi connectivity index (χ3v) is 5.13. The summed E-state index contributed by atoms with van der Waals surface area (Å²) < 4.78 is 34.1. The molecule has 0 saturated carbocycles. The van der Waals surface area contributed by atoms with E-state index in [1.165, 1.54) is 0 Å². The van der Waals surface area contributed by atoms with Gasteiger partial charge in [-0.1, -0.05) is 48.0 Å². The first kappa shape index (κ1) is 19.9. The summed E-state index contributed by atoms with van der Waals surface area (Å²) in [6.07, 6.45) is 0.856. The summed E-state index contributed by atoms with van der Waals surface area (Å²) >= 11 is 0. The molecule has 1 aliphatic rings. The van der Waals surface area contributed by atoms with Crippen molar-refractivity contribution in [3.8, 4) is 0 Å². The van der Waals surface area contributed by atoms with E-state index < -0.39 is 22.9 Å². The number of rotatable bonds is 7. The minimum atomic E-state index is -1.47. The van der Waals surface area contributed by atoms with Crippen LogP contribution >= 0.6 is 0 Å². The molecule has 144 valence electrons. The Kier molecular flexibility index (Phi) is 6.55. The minimum absolute atomic E-state index is 0.303. The van der Waals surface area contributed by atoms with Crippen molar-refractivity contribution in [2.24, 2.45) is 4.40 Å². The van der Waals surface area contributed by atoms with Crippen LogP contribution in [0.25, 0.3) is 0 Å². The molecular formula is C21H25NO4S. The van der Waals surface area contributed by atoms with Crippen molar-refractivity contribution >= 4 is 17.2 Å². The molecule has 6 heteroatoms. The Morgan fingerprint density at radius 2 is 1.81 bits per heavy atom. The highest BCUT2D eigenvalue weighted by Gasteiger charge is 2.40. The zero-order chi connectivity index (χ0) is 19.3. The van der Waals surface area contributed by atoms with E-state index in [1.54, 1.807) is 6.21 Å². The van der Waals surface area contributed by atoms with Gasteiger partial charge >= 0.3 is 0 Å². The van der Waals surface area contributed by atoms with Crippen LogP contribution in [0.3, 0.4) is 0 Å². The van der Waals surface area contributed by atoms with Gasteiger partial charge in [-0.05, 0) is 38.5 Å². The molecule has 1 heterocycles. The summed E-state index contributed by atoms with van der Waals surface area (Å²) in [5.74, 6) is -0.733. The van der Waals surface area contributed by atoms with Gasteiger partial charge in [-0.3, -0.25) is 0 Å². The van der Waals surface area contributed by atoms with Gasteiger partial charge in [0.25, 0.3) is 0 Å². The molecule has 0 aromatic heterocycles. The first-order chi connectivity index (χ1) is 12.9. The molecule has 0 aliphatic carbocycles. The predicted molar refractivity (Wildman–Crippen MR) is 106 cm³/mol. The third-order valence-electron chi connectivity index (χ3n) is 4.14. The van der Waals surface area contributed by atoms with Gasteiger partial charge in [0.1, 0.15) is 12.2 Å². The summed E-state index contributed by atoms with van der Waals surface area (Å²) in [4.78, 5) is 0.659. The van der Waals surface area contributed by atoms with Crippen LogP contribution in [0.15, 0.2) is 63.9 Å². The van der Waals surface area contributed by atoms with Crippen LogP contribution in [-0.4, -0.2) is 35.0 Å². The Balaban J connectivity index is 1.59. The van der Waals surface area contributed by atoms with Crippen LogP contribution in [-0.2, 0) is 31.8 Å². The number of ether oxygens (including phenoxy) is 3. The zero-order valence-corrected chi connectivity index (χ0v) is 16.6. The maximum absolute atomic E-state index is 12.4. The zero-order valence-electron chi connectivity index (χ0n) is 15.8. The highest BCUT2D eigenvalue weighted by molar-refractivity contribution is 7.83. The van der Waals surface area contributed by atoms with Gasteiger partial charge in [-0.25, -0.2) is 4.21 Å². The molecule has 0 bridgehead atoms. The van der Waals surface area contributed by atoms with Crippen LogP contribution in [0.2, 0.25) is 0 Å². The van der Waals surface area contributed by atoms with E-state index >= 15 is 0 Å². The predicted octanol–water partition coefficient (Wildman–Crippen LogP) is 3.83. The summed E-state index contributed by atoms with van der Waals surface area (Å²) in [6, 6.07) is 17.4. The molecule has 3 atom stereocenters. The molecule has 5 nitrogen and oxygen atoms in total. The lowest BCUT2D eigenvalue weighted by Gasteiger charge is -2.16. The van der Waals surface area contributed by atoms with E-state index in [-0.39, 0.29) is 6.10 Å². The number of aryl methyl sites for hydroxylation is 1. The van der Waals surface area contributed by atoms with Gasteiger partial charge in [-0.15, -0.1) is 0 Å². The maximum Gasteiger partial charge on any atom is 0.172 e. The number of nitrogens with zero attached hydrogens (tertiary/aromatic N) is 1. The number of benzene rings is 2. The highest BCUT2D eigenvalue weighted by Crippen LogP contribution is 2.28. The molecule has 0 N–H and O–H groups in total. The van der Waals surface area contributed by atoms with Crippen molar-refractivity contribution in [1.29, 1.82) is 0 Å². The fourth-order valence-electron chi connectivity index (χ4n) is 2.82. The topological polar surface area (TPSA) is 57.1 Å². The Bertz CT molecular complexity index is 790. The van der Waals surface area contributed by atoms with Crippen LogP contribution in [0.1, 0.15) is 25.0 Å². The average Bonchev–Trinajstić information content (AvgIpc) is 2.95. The fraction of sp³-hybridized carbons (Fsp3) is 0.381. The van der Waals surface area contributed by atoms with Gasteiger partial charge in [0.05, 0.1) is 18.1 Å². The third kappa shape index (κ3) is 5.81. The summed E-state index contributed by atoms with van der Waals surface area (Å²) in [7, 11) is -1.47.